The summed E-state index contributed by atoms with van der Waals surface area (Å²) in [5.41, 5.74) is 7.32. The fraction of sp³-hybridized carbons (Fsp3) is 0.143. The molecule has 0 spiro atoms. The molecule has 0 heterocycles. The zero-order valence-corrected chi connectivity index (χ0v) is 10.8. The maximum Gasteiger partial charge on any atom is 0.125 e. The van der Waals surface area contributed by atoms with Gasteiger partial charge in [0.2, 0.25) is 0 Å². The highest BCUT2D eigenvalue weighted by atomic mass is 32.2. The van der Waals surface area contributed by atoms with Gasteiger partial charge in [-0.3, -0.25) is 0 Å². The number of halogens is 1. The second-order valence-electron chi connectivity index (χ2n) is 3.78. The molecule has 0 amide bonds. The van der Waals surface area contributed by atoms with Gasteiger partial charge in [-0.25, -0.2) is 4.39 Å². The topological polar surface area (TPSA) is 35.2 Å². The van der Waals surface area contributed by atoms with Gasteiger partial charge >= 0.3 is 0 Å². The molecule has 0 bridgehead atoms. The van der Waals surface area contributed by atoms with Gasteiger partial charge in [0.05, 0.1) is 7.11 Å². The molecular weight excluding hydrogens is 249 g/mol. The largest absolute Gasteiger partial charge is 0.496 e. The van der Waals surface area contributed by atoms with Crippen LogP contribution in [0.3, 0.4) is 0 Å². The van der Waals surface area contributed by atoms with Crippen molar-refractivity contribution in [1.82, 2.24) is 0 Å². The number of ether oxygens (including phenoxy) is 1. The molecule has 0 radical (unpaired) electrons. The molecule has 0 saturated carbocycles. The summed E-state index contributed by atoms with van der Waals surface area (Å²) in [4.78, 5) is 0.877. The number of hydrogen-bond donors (Lipinski definition) is 1. The minimum atomic E-state index is -0.311. The van der Waals surface area contributed by atoms with Crippen molar-refractivity contribution in [3.05, 3.63) is 53.8 Å². The number of hydrogen-bond acceptors (Lipinski definition) is 3. The number of thioether (sulfide) groups is 1. The van der Waals surface area contributed by atoms with E-state index in [1.165, 1.54) is 12.1 Å². The van der Waals surface area contributed by atoms with Crippen molar-refractivity contribution >= 4 is 17.4 Å². The van der Waals surface area contributed by atoms with Gasteiger partial charge in [0, 0.05) is 21.9 Å². The molecule has 0 aliphatic heterocycles. The predicted molar refractivity (Wildman–Crippen MR) is 73.4 cm³/mol. The van der Waals surface area contributed by atoms with E-state index in [0.717, 1.165) is 22.0 Å². The summed E-state index contributed by atoms with van der Waals surface area (Å²) in [6, 6.07) is 12.3. The average molecular weight is 263 g/mol. The van der Waals surface area contributed by atoms with Gasteiger partial charge in [-0.2, -0.15) is 0 Å². The van der Waals surface area contributed by atoms with E-state index >= 15 is 0 Å². The highest BCUT2D eigenvalue weighted by molar-refractivity contribution is 7.98. The fourth-order valence-electron chi connectivity index (χ4n) is 1.63. The van der Waals surface area contributed by atoms with E-state index in [9.17, 15) is 4.39 Å². The molecule has 0 saturated heterocycles. The molecule has 94 valence electrons. The van der Waals surface area contributed by atoms with Gasteiger partial charge in [0.25, 0.3) is 0 Å². The van der Waals surface area contributed by atoms with Crippen LogP contribution in [-0.2, 0) is 5.75 Å². The van der Waals surface area contributed by atoms with Crippen LogP contribution >= 0.6 is 11.8 Å². The Morgan fingerprint density at radius 3 is 2.72 bits per heavy atom. The molecule has 4 heteroatoms. The van der Waals surface area contributed by atoms with Crippen molar-refractivity contribution in [1.29, 1.82) is 0 Å². The molecule has 0 fully saturated rings. The van der Waals surface area contributed by atoms with E-state index in [2.05, 4.69) is 0 Å². The van der Waals surface area contributed by atoms with Crippen LogP contribution in [0.4, 0.5) is 10.1 Å². The Morgan fingerprint density at radius 2 is 2.00 bits per heavy atom. The third-order valence-electron chi connectivity index (χ3n) is 2.55. The van der Waals surface area contributed by atoms with Gasteiger partial charge in [-0.05, 0) is 24.3 Å². The SMILES string of the molecule is COc1ccccc1CSc1ccc(F)cc1N. The lowest BCUT2D eigenvalue weighted by Gasteiger charge is -2.09. The quantitative estimate of drug-likeness (QED) is 0.674. The van der Waals surface area contributed by atoms with Gasteiger partial charge in [-0.1, -0.05) is 18.2 Å². The molecule has 2 aromatic carbocycles. The first-order valence-electron chi connectivity index (χ1n) is 5.50. The molecule has 0 aromatic heterocycles. The first-order chi connectivity index (χ1) is 8.70. The smallest absolute Gasteiger partial charge is 0.125 e. The number of para-hydroxylation sites is 1. The zero-order chi connectivity index (χ0) is 13.0. The van der Waals surface area contributed by atoms with E-state index in [1.54, 1.807) is 24.9 Å². The Bertz CT molecular complexity index is 545. The van der Waals surface area contributed by atoms with Gasteiger partial charge in [0.15, 0.2) is 0 Å². The predicted octanol–water partition coefficient (Wildman–Crippen LogP) is 3.71. The van der Waals surface area contributed by atoms with E-state index in [1.807, 2.05) is 24.3 Å². The van der Waals surface area contributed by atoms with Crippen molar-refractivity contribution < 1.29 is 9.13 Å². The number of nitrogen functional groups attached to an aromatic ring is 1. The number of rotatable bonds is 4. The highest BCUT2D eigenvalue weighted by Gasteiger charge is 2.05. The first-order valence-corrected chi connectivity index (χ1v) is 6.49. The molecule has 0 atom stereocenters. The lowest BCUT2D eigenvalue weighted by Crippen LogP contribution is -1.92. The van der Waals surface area contributed by atoms with Crippen LogP contribution < -0.4 is 10.5 Å². The summed E-state index contributed by atoms with van der Waals surface area (Å²) in [5.74, 6) is 1.28. The second-order valence-corrected chi connectivity index (χ2v) is 4.80. The third-order valence-corrected chi connectivity index (χ3v) is 3.69. The Morgan fingerprint density at radius 1 is 1.22 bits per heavy atom. The Kier molecular flexibility index (Phi) is 4.10. The summed E-state index contributed by atoms with van der Waals surface area (Å²) in [6.07, 6.45) is 0. The molecule has 2 rings (SSSR count). The lowest BCUT2D eigenvalue weighted by molar-refractivity contribution is 0.411. The number of methoxy groups -OCH3 is 1. The monoisotopic (exact) mass is 263 g/mol. The minimum Gasteiger partial charge on any atom is -0.496 e. The molecule has 0 unspecified atom stereocenters. The average Bonchev–Trinajstić information content (AvgIpc) is 2.38. The maximum absolute atomic E-state index is 12.9. The van der Waals surface area contributed by atoms with E-state index in [0.29, 0.717) is 5.69 Å². The summed E-state index contributed by atoms with van der Waals surface area (Å²) in [5, 5.41) is 0. The normalized spacial score (nSPS) is 10.3. The molecule has 0 aliphatic rings. The standard InChI is InChI=1S/C14H14FNOS/c1-17-13-5-3-2-4-10(13)9-18-14-7-6-11(15)8-12(14)16/h2-8H,9,16H2,1H3. The van der Waals surface area contributed by atoms with Crippen LogP contribution in [0.25, 0.3) is 0 Å². The Balaban J connectivity index is 2.11. The van der Waals surface area contributed by atoms with Crippen molar-refractivity contribution in [2.75, 3.05) is 12.8 Å². The van der Waals surface area contributed by atoms with Crippen LogP contribution in [0, 0.1) is 5.82 Å². The van der Waals surface area contributed by atoms with Crippen molar-refractivity contribution in [2.24, 2.45) is 0 Å². The molecular formula is C14H14FNOS. The fourth-order valence-corrected chi connectivity index (χ4v) is 2.57. The van der Waals surface area contributed by atoms with Crippen LogP contribution in [-0.4, -0.2) is 7.11 Å². The number of nitrogens with two attached hydrogens (primary N) is 1. The van der Waals surface area contributed by atoms with E-state index in [4.69, 9.17) is 10.5 Å². The zero-order valence-electron chi connectivity index (χ0n) is 10.0. The number of benzene rings is 2. The maximum atomic E-state index is 12.9. The van der Waals surface area contributed by atoms with Crippen LogP contribution in [0.1, 0.15) is 5.56 Å². The minimum absolute atomic E-state index is 0.311. The Hall–Kier alpha value is -1.68. The van der Waals surface area contributed by atoms with E-state index < -0.39 is 0 Å². The summed E-state index contributed by atoms with van der Waals surface area (Å²) < 4.78 is 18.2. The highest BCUT2D eigenvalue weighted by Crippen LogP contribution is 2.31. The number of anilines is 1. The van der Waals surface area contributed by atoms with Crippen LogP contribution in [0.15, 0.2) is 47.4 Å². The lowest BCUT2D eigenvalue weighted by atomic mass is 10.2. The van der Waals surface area contributed by atoms with Crippen LogP contribution in [0.2, 0.25) is 0 Å². The molecule has 2 nitrogen and oxygen atoms in total. The van der Waals surface area contributed by atoms with Crippen LogP contribution in [0.5, 0.6) is 5.75 Å². The summed E-state index contributed by atoms with van der Waals surface area (Å²) in [7, 11) is 1.65. The first kappa shape index (κ1) is 12.8. The van der Waals surface area contributed by atoms with Gasteiger partial charge in [-0.15, -0.1) is 11.8 Å². The molecule has 0 aliphatic carbocycles. The van der Waals surface area contributed by atoms with Gasteiger partial charge in [0.1, 0.15) is 11.6 Å². The summed E-state index contributed by atoms with van der Waals surface area (Å²) >= 11 is 1.57. The van der Waals surface area contributed by atoms with Gasteiger partial charge < -0.3 is 10.5 Å². The van der Waals surface area contributed by atoms with Crippen molar-refractivity contribution in [2.45, 2.75) is 10.6 Å². The second kappa shape index (κ2) is 5.78. The van der Waals surface area contributed by atoms with Crippen molar-refractivity contribution in [3.63, 3.8) is 0 Å². The third kappa shape index (κ3) is 2.96. The molecule has 2 aromatic rings. The van der Waals surface area contributed by atoms with E-state index in [-0.39, 0.29) is 5.82 Å². The Labute approximate surface area is 110 Å². The molecule has 18 heavy (non-hydrogen) atoms. The molecule has 2 N–H and O–H groups in total. The summed E-state index contributed by atoms with van der Waals surface area (Å²) in [6.45, 7) is 0. The van der Waals surface area contributed by atoms with Crippen molar-refractivity contribution in [3.8, 4) is 5.75 Å².